The van der Waals surface area contributed by atoms with Crippen LogP contribution in [0.15, 0.2) is 0 Å². The fourth-order valence-electron chi connectivity index (χ4n) is 3.96. The lowest BCUT2D eigenvalue weighted by atomic mass is 9.90. The second-order valence-electron chi connectivity index (χ2n) is 6.83. The summed E-state index contributed by atoms with van der Waals surface area (Å²) in [6, 6.07) is 1.41. The first-order valence-corrected chi connectivity index (χ1v) is 8.83. The van der Waals surface area contributed by atoms with Gasteiger partial charge in [0.05, 0.1) is 12.2 Å². The zero-order valence-corrected chi connectivity index (χ0v) is 13.7. The van der Waals surface area contributed by atoms with Crippen molar-refractivity contribution in [3.05, 3.63) is 0 Å². The molecule has 0 bridgehead atoms. The van der Waals surface area contributed by atoms with Gasteiger partial charge in [-0.05, 0) is 39.7 Å². The van der Waals surface area contributed by atoms with Crippen LogP contribution in [-0.4, -0.2) is 48.8 Å². The predicted molar refractivity (Wildman–Crippen MR) is 85.2 cm³/mol. The molecule has 2 unspecified atom stereocenters. The summed E-state index contributed by atoms with van der Waals surface area (Å²) < 4.78 is 5.92. The summed E-state index contributed by atoms with van der Waals surface area (Å²) in [5.41, 5.74) is 0. The average Bonchev–Trinajstić information content (AvgIpc) is 2.36. The molecule has 0 aromatic carbocycles. The summed E-state index contributed by atoms with van der Waals surface area (Å²) in [5, 5.41) is 3.83. The molecule has 1 saturated heterocycles. The first-order chi connectivity index (χ1) is 9.70. The Kier molecular flexibility index (Phi) is 6.79. The molecule has 1 saturated carbocycles. The van der Waals surface area contributed by atoms with E-state index in [0.717, 1.165) is 25.7 Å². The Morgan fingerprint density at radius 1 is 1.00 bits per heavy atom. The van der Waals surface area contributed by atoms with Crippen molar-refractivity contribution >= 4 is 0 Å². The second kappa shape index (κ2) is 8.35. The van der Waals surface area contributed by atoms with Gasteiger partial charge < -0.3 is 10.1 Å². The van der Waals surface area contributed by atoms with E-state index >= 15 is 0 Å². The lowest BCUT2D eigenvalue weighted by Crippen LogP contribution is -2.57. The van der Waals surface area contributed by atoms with E-state index < -0.39 is 0 Å². The Hall–Kier alpha value is -0.120. The van der Waals surface area contributed by atoms with E-state index in [1.54, 1.807) is 0 Å². The van der Waals surface area contributed by atoms with E-state index in [1.165, 1.54) is 44.9 Å². The van der Waals surface area contributed by atoms with Gasteiger partial charge in [-0.2, -0.15) is 0 Å². The van der Waals surface area contributed by atoms with Crippen molar-refractivity contribution < 1.29 is 4.74 Å². The number of ether oxygens (including phenoxy) is 1. The van der Waals surface area contributed by atoms with Gasteiger partial charge in [0.15, 0.2) is 0 Å². The lowest BCUT2D eigenvalue weighted by Gasteiger charge is -2.44. The third-order valence-electron chi connectivity index (χ3n) is 4.80. The monoisotopic (exact) mass is 282 g/mol. The summed E-state index contributed by atoms with van der Waals surface area (Å²) in [6.45, 7) is 10.1. The van der Waals surface area contributed by atoms with Crippen LogP contribution >= 0.6 is 0 Å². The van der Waals surface area contributed by atoms with Crippen LogP contribution in [0, 0.1) is 0 Å². The first kappa shape index (κ1) is 16.3. The summed E-state index contributed by atoms with van der Waals surface area (Å²) in [5.74, 6) is 0. The molecule has 0 radical (unpaired) electrons. The highest BCUT2D eigenvalue weighted by molar-refractivity contribution is 4.89. The van der Waals surface area contributed by atoms with Gasteiger partial charge in [-0.1, -0.05) is 32.6 Å². The first-order valence-electron chi connectivity index (χ1n) is 8.83. The number of morpholine rings is 1. The SMILES string of the molecule is CCCNC1CCCCCCC1N1C[C@@H](C)O[C@@H](C)C1. The Labute approximate surface area is 125 Å². The summed E-state index contributed by atoms with van der Waals surface area (Å²) in [7, 11) is 0. The van der Waals surface area contributed by atoms with Crippen LogP contribution in [0.4, 0.5) is 0 Å². The molecule has 1 heterocycles. The topological polar surface area (TPSA) is 24.5 Å². The Morgan fingerprint density at radius 2 is 1.65 bits per heavy atom. The van der Waals surface area contributed by atoms with Crippen molar-refractivity contribution in [3.63, 3.8) is 0 Å². The molecular weight excluding hydrogens is 248 g/mol. The van der Waals surface area contributed by atoms with Crippen LogP contribution in [0.25, 0.3) is 0 Å². The molecule has 1 aliphatic carbocycles. The van der Waals surface area contributed by atoms with E-state index in [2.05, 4.69) is 31.0 Å². The summed E-state index contributed by atoms with van der Waals surface area (Å²) >= 11 is 0. The molecule has 2 rings (SSSR count). The smallest absolute Gasteiger partial charge is 0.0678 e. The molecule has 2 fully saturated rings. The maximum atomic E-state index is 5.92. The minimum Gasteiger partial charge on any atom is -0.373 e. The normalized spacial score (nSPS) is 37.4. The molecule has 2 aliphatic rings. The van der Waals surface area contributed by atoms with Crippen molar-refractivity contribution in [1.29, 1.82) is 0 Å². The summed E-state index contributed by atoms with van der Waals surface area (Å²) in [4.78, 5) is 2.72. The maximum Gasteiger partial charge on any atom is 0.0678 e. The average molecular weight is 282 g/mol. The molecule has 1 N–H and O–H groups in total. The van der Waals surface area contributed by atoms with Gasteiger partial charge >= 0.3 is 0 Å². The van der Waals surface area contributed by atoms with E-state index in [9.17, 15) is 0 Å². The molecule has 0 aromatic heterocycles. The molecule has 3 heteroatoms. The molecule has 1 aliphatic heterocycles. The van der Waals surface area contributed by atoms with Crippen LogP contribution in [0.2, 0.25) is 0 Å². The quantitative estimate of drug-likeness (QED) is 0.857. The minimum atomic E-state index is 0.385. The van der Waals surface area contributed by atoms with Crippen LogP contribution < -0.4 is 5.32 Å². The van der Waals surface area contributed by atoms with Crippen molar-refractivity contribution in [2.24, 2.45) is 0 Å². The van der Waals surface area contributed by atoms with Crippen LogP contribution in [0.3, 0.4) is 0 Å². The molecule has 0 aromatic rings. The Balaban J connectivity index is 2.00. The van der Waals surface area contributed by atoms with Crippen LogP contribution in [0.5, 0.6) is 0 Å². The fourth-order valence-corrected chi connectivity index (χ4v) is 3.96. The van der Waals surface area contributed by atoms with Gasteiger partial charge in [-0.3, -0.25) is 4.90 Å². The molecule has 118 valence electrons. The molecule has 4 atom stereocenters. The van der Waals surface area contributed by atoms with Gasteiger partial charge in [-0.25, -0.2) is 0 Å². The number of nitrogens with one attached hydrogen (secondary N) is 1. The number of rotatable bonds is 4. The zero-order valence-electron chi connectivity index (χ0n) is 13.7. The van der Waals surface area contributed by atoms with E-state index in [0.29, 0.717) is 18.2 Å². The highest BCUT2D eigenvalue weighted by atomic mass is 16.5. The van der Waals surface area contributed by atoms with Crippen molar-refractivity contribution in [2.75, 3.05) is 19.6 Å². The number of hydrogen-bond acceptors (Lipinski definition) is 3. The van der Waals surface area contributed by atoms with Crippen LogP contribution in [-0.2, 0) is 4.74 Å². The van der Waals surface area contributed by atoms with Crippen molar-refractivity contribution in [3.8, 4) is 0 Å². The second-order valence-corrected chi connectivity index (χ2v) is 6.83. The highest BCUT2D eigenvalue weighted by Gasteiger charge is 2.32. The standard InChI is InChI=1S/C17H34N2O/c1-4-11-18-16-9-7-5-6-8-10-17(16)19-12-14(2)20-15(3)13-19/h14-18H,4-13H2,1-3H3/t14-,15+,16?,17?. The molecule has 0 spiro atoms. The highest BCUT2D eigenvalue weighted by Crippen LogP contribution is 2.25. The van der Waals surface area contributed by atoms with E-state index in [1.807, 2.05) is 0 Å². The maximum absolute atomic E-state index is 5.92. The van der Waals surface area contributed by atoms with E-state index in [-0.39, 0.29) is 0 Å². The Bertz CT molecular complexity index is 260. The molecular formula is C17H34N2O. The van der Waals surface area contributed by atoms with Gasteiger partial charge in [0.25, 0.3) is 0 Å². The molecule has 3 nitrogen and oxygen atoms in total. The Morgan fingerprint density at radius 3 is 2.30 bits per heavy atom. The minimum absolute atomic E-state index is 0.385. The number of hydrogen-bond donors (Lipinski definition) is 1. The largest absolute Gasteiger partial charge is 0.373 e. The zero-order chi connectivity index (χ0) is 14.4. The fraction of sp³-hybridized carbons (Fsp3) is 1.00. The van der Waals surface area contributed by atoms with Crippen molar-refractivity contribution in [2.45, 2.75) is 90.0 Å². The van der Waals surface area contributed by atoms with E-state index in [4.69, 9.17) is 4.74 Å². The lowest BCUT2D eigenvalue weighted by molar-refractivity contribution is -0.0863. The van der Waals surface area contributed by atoms with Gasteiger partial charge in [0.1, 0.15) is 0 Å². The number of nitrogens with zero attached hydrogens (tertiary/aromatic N) is 1. The predicted octanol–water partition coefficient (Wildman–Crippen LogP) is 3.19. The van der Waals surface area contributed by atoms with Gasteiger partial charge in [0, 0.05) is 25.2 Å². The van der Waals surface area contributed by atoms with Crippen molar-refractivity contribution in [1.82, 2.24) is 10.2 Å². The van der Waals surface area contributed by atoms with Gasteiger partial charge in [-0.15, -0.1) is 0 Å². The van der Waals surface area contributed by atoms with Gasteiger partial charge in [0.2, 0.25) is 0 Å². The molecule has 20 heavy (non-hydrogen) atoms. The summed E-state index contributed by atoms with van der Waals surface area (Å²) in [6.07, 6.45) is 10.4. The molecule has 0 amide bonds. The third-order valence-corrected chi connectivity index (χ3v) is 4.80. The third kappa shape index (κ3) is 4.71. The van der Waals surface area contributed by atoms with Crippen LogP contribution in [0.1, 0.15) is 65.7 Å².